The molecular weight excluding hydrogens is 406 g/mol. The Kier molecular flexibility index (Phi) is 5.15. The highest BCUT2D eigenvalue weighted by molar-refractivity contribution is 6.46. The number of pyridine rings is 2. The van der Waals surface area contributed by atoms with Gasteiger partial charge in [0.25, 0.3) is 11.7 Å². The molecule has 0 aliphatic carbocycles. The first-order valence-electron chi connectivity index (χ1n) is 10.5. The number of benzene rings is 1. The zero-order chi connectivity index (χ0) is 22.1. The minimum absolute atomic E-state index is 0.0636. The van der Waals surface area contributed by atoms with Gasteiger partial charge in [-0.2, -0.15) is 0 Å². The van der Waals surface area contributed by atoms with Crippen molar-refractivity contribution in [3.8, 4) is 5.75 Å². The molecule has 32 heavy (non-hydrogen) atoms. The van der Waals surface area contributed by atoms with Gasteiger partial charge in [0.05, 0.1) is 18.2 Å². The van der Waals surface area contributed by atoms with Crippen LogP contribution < -0.4 is 4.74 Å². The van der Waals surface area contributed by atoms with Crippen molar-refractivity contribution in [1.29, 1.82) is 0 Å². The quantitative estimate of drug-likeness (QED) is 0.390. The standard InChI is InChI=1S/C25H21N3O4/c29-23(18-5-6-20-17(13-18)4-2-12-32-20)21-22(19-3-1-9-27-14-19)28(25(31)24(21)30)15-16-7-10-26-11-8-16/h1,3,5-11,13-14,22,29H,2,4,12,15H2/b23-21-. The molecule has 2 aliphatic rings. The molecule has 160 valence electrons. The van der Waals surface area contributed by atoms with Gasteiger partial charge in [0.15, 0.2) is 0 Å². The zero-order valence-electron chi connectivity index (χ0n) is 17.3. The lowest BCUT2D eigenvalue weighted by Gasteiger charge is -2.25. The molecule has 0 spiro atoms. The molecule has 0 bridgehead atoms. The number of ether oxygens (including phenoxy) is 1. The van der Waals surface area contributed by atoms with Crippen LogP contribution in [0.3, 0.4) is 0 Å². The first-order chi connectivity index (χ1) is 15.6. The highest BCUT2D eigenvalue weighted by Crippen LogP contribution is 2.40. The van der Waals surface area contributed by atoms with Gasteiger partial charge < -0.3 is 14.7 Å². The Morgan fingerprint density at radius 1 is 1.09 bits per heavy atom. The first kappa shape index (κ1) is 19.9. The number of aliphatic hydroxyl groups is 1. The fraction of sp³-hybridized carbons (Fsp3) is 0.200. The van der Waals surface area contributed by atoms with E-state index in [-0.39, 0.29) is 17.9 Å². The van der Waals surface area contributed by atoms with Gasteiger partial charge in [-0.25, -0.2) is 0 Å². The Morgan fingerprint density at radius 3 is 2.72 bits per heavy atom. The monoisotopic (exact) mass is 427 g/mol. The van der Waals surface area contributed by atoms with Crippen LogP contribution in [0.5, 0.6) is 5.75 Å². The second kappa shape index (κ2) is 8.26. The summed E-state index contributed by atoms with van der Waals surface area (Å²) in [6, 6.07) is 11.7. The predicted molar refractivity (Wildman–Crippen MR) is 117 cm³/mol. The molecule has 1 amide bonds. The maximum Gasteiger partial charge on any atom is 0.295 e. The van der Waals surface area contributed by atoms with E-state index in [0.29, 0.717) is 17.7 Å². The van der Waals surface area contributed by atoms with Crippen molar-refractivity contribution in [1.82, 2.24) is 14.9 Å². The Hall–Kier alpha value is -4.00. The van der Waals surface area contributed by atoms with Crippen LogP contribution in [-0.2, 0) is 22.6 Å². The van der Waals surface area contributed by atoms with E-state index in [9.17, 15) is 14.7 Å². The lowest BCUT2D eigenvalue weighted by atomic mass is 9.94. The van der Waals surface area contributed by atoms with Crippen LogP contribution in [0.1, 0.15) is 34.7 Å². The van der Waals surface area contributed by atoms with Gasteiger partial charge in [-0.3, -0.25) is 19.6 Å². The molecule has 2 aromatic heterocycles. The number of aromatic nitrogens is 2. The van der Waals surface area contributed by atoms with Gasteiger partial charge in [0, 0.05) is 36.9 Å². The summed E-state index contributed by atoms with van der Waals surface area (Å²) in [4.78, 5) is 35.8. The molecule has 0 radical (unpaired) electrons. The molecule has 7 nitrogen and oxygen atoms in total. The molecule has 7 heteroatoms. The van der Waals surface area contributed by atoms with Crippen LogP contribution in [0.4, 0.5) is 0 Å². The molecule has 2 aliphatic heterocycles. The van der Waals surface area contributed by atoms with Gasteiger partial charge in [0.1, 0.15) is 11.5 Å². The van der Waals surface area contributed by atoms with Crippen LogP contribution in [0.15, 0.2) is 72.8 Å². The summed E-state index contributed by atoms with van der Waals surface area (Å²) < 4.78 is 5.66. The molecule has 3 aromatic rings. The number of hydrogen-bond acceptors (Lipinski definition) is 6. The minimum atomic E-state index is -0.746. The summed E-state index contributed by atoms with van der Waals surface area (Å²) in [6.45, 7) is 0.876. The lowest BCUT2D eigenvalue weighted by molar-refractivity contribution is -0.140. The van der Waals surface area contributed by atoms with Crippen molar-refractivity contribution in [3.63, 3.8) is 0 Å². The molecule has 1 atom stereocenters. The van der Waals surface area contributed by atoms with E-state index in [1.54, 1.807) is 61.2 Å². The summed E-state index contributed by atoms with van der Waals surface area (Å²) in [5.41, 5.74) is 3.02. The van der Waals surface area contributed by atoms with E-state index in [1.165, 1.54) is 4.90 Å². The first-order valence-corrected chi connectivity index (χ1v) is 10.5. The second-order valence-corrected chi connectivity index (χ2v) is 7.84. The van der Waals surface area contributed by atoms with Crippen molar-refractivity contribution < 1.29 is 19.4 Å². The molecule has 0 saturated carbocycles. The van der Waals surface area contributed by atoms with E-state index in [0.717, 1.165) is 29.7 Å². The Morgan fingerprint density at radius 2 is 1.94 bits per heavy atom. The summed E-state index contributed by atoms with van der Waals surface area (Å²) in [5, 5.41) is 11.2. The summed E-state index contributed by atoms with van der Waals surface area (Å²) >= 11 is 0. The van der Waals surface area contributed by atoms with Gasteiger partial charge in [-0.15, -0.1) is 0 Å². The number of amides is 1. The number of Topliss-reactive ketones (excluding diaryl/α,β-unsaturated/α-hetero) is 1. The van der Waals surface area contributed by atoms with Crippen molar-refractivity contribution in [3.05, 3.63) is 95.1 Å². The van der Waals surface area contributed by atoms with Gasteiger partial charge >= 0.3 is 0 Å². The van der Waals surface area contributed by atoms with E-state index < -0.39 is 17.7 Å². The number of aliphatic hydroxyl groups excluding tert-OH is 1. The number of hydrogen-bond donors (Lipinski definition) is 1. The smallest absolute Gasteiger partial charge is 0.295 e. The van der Waals surface area contributed by atoms with Crippen molar-refractivity contribution in [2.24, 2.45) is 0 Å². The normalized spacial score (nSPS) is 19.5. The highest BCUT2D eigenvalue weighted by Gasteiger charge is 2.46. The largest absolute Gasteiger partial charge is 0.507 e. The molecule has 4 heterocycles. The maximum atomic E-state index is 13.1. The Labute approximate surface area is 185 Å². The Bertz CT molecular complexity index is 1210. The van der Waals surface area contributed by atoms with Gasteiger partial charge in [-0.1, -0.05) is 6.07 Å². The molecule has 1 fully saturated rings. The van der Waals surface area contributed by atoms with Crippen LogP contribution in [0.25, 0.3) is 5.76 Å². The number of rotatable bonds is 4. The van der Waals surface area contributed by atoms with E-state index in [1.807, 2.05) is 6.07 Å². The molecule has 1 N–H and O–H groups in total. The molecule has 1 aromatic carbocycles. The third-order valence-electron chi connectivity index (χ3n) is 5.82. The topological polar surface area (TPSA) is 92.6 Å². The Balaban J connectivity index is 1.62. The van der Waals surface area contributed by atoms with Crippen LogP contribution >= 0.6 is 0 Å². The summed E-state index contributed by atoms with van der Waals surface area (Å²) in [6.07, 6.45) is 8.24. The van der Waals surface area contributed by atoms with E-state index in [2.05, 4.69) is 9.97 Å². The maximum absolute atomic E-state index is 13.1. The summed E-state index contributed by atoms with van der Waals surface area (Å²) in [5.74, 6) is -0.768. The average molecular weight is 427 g/mol. The molecular formula is C25H21N3O4. The minimum Gasteiger partial charge on any atom is -0.507 e. The second-order valence-electron chi connectivity index (χ2n) is 7.84. The fourth-order valence-corrected chi connectivity index (χ4v) is 4.28. The van der Waals surface area contributed by atoms with Crippen molar-refractivity contribution >= 4 is 17.4 Å². The average Bonchev–Trinajstić information content (AvgIpc) is 3.09. The lowest BCUT2D eigenvalue weighted by Crippen LogP contribution is -2.29. The van der Waals surface area contributed by atoms with E-state index >= 15 is 0 Å². The molecule has 1 saturated heterocycles. The van der Waals surface area contributed by atoms with E-state index in [4.69, 9.17) is 4.74 Å². The van der Waals surface area contributed by atoms with Gasteiger partial charge in [-0.05, 0) is 65.9 Å². The fourth-order valence-electron chi connectivity index (χ4n) is 4.28. The number of likely N-dealkylation sites (tertiary alicyclic amines) is 1. The third-order valence-corrected chi connectivity index (χ3v) is 5.82. The van der Waals surface area contributed by atoms with Crippen LogP contribution in [0, 0.1) is 0 Å². The van der Waals surface area contributed by atoms with Gasteiger partial charge in [0.2, 0.25) is 0 Å². The molecule has 1 unspecified atom stereocenters. The van der Waals surface area contributed by atoms with Crippen molar-refractivity contribution in [2.75, 3.05) is 6.61 Å². The van der Waals surface area contributed by atoms with Crippen LogP contribution in [-0.4, -0.2) is 38.3 Å². The number of nitrogens with zero attached hydrogens (tertiary/aromatic N) is 3. The summed E-state index contributed by atoms with van der Waals surface area (Å²) in [7, 11) is 0. The third kappa shape index (κ3) is 3.51. The highest BCUT2D eigenvalue weighted by atomic mass is 16.5. The van der Waals surface area contributed by atoms with Crippen LogP contribution in [0.2, 0.25) is 0 Å². The number of ketones is 1. The SMILES string of the molecule is O=C1C(=O)N(Cc2ccncc2)C(c2cccnc2)/C1=C(/O)c1ccc2c(c1)CCCO2. The number of aryl methyl sites for hydroxylation is 1. The molecule has 5 rings (SSSR count). The zero-order valence-corrected chi connectivity index (χ0v) is 17.3. The number of carbonyl (C=O) groups excluding carboxylic acids is 2. The number of fused-ring (bicyclic) bond motifs is 1. The van der Waals surface area contributed by atoms with Crippen molar-refractivity contribution in [2.45, 2.75) is 25.4 Å². The number of carbonyl (C=O) groups is 2. The predicted octanol–water partition coefficient (Wildman–Crippen LogP) is 3.42.